The van der Waals surface area contributed by atoms with Crippen molar-refractivity contribution in [2.45, 2.75) is 13.0 Å². The third-order valence-corrected chi connectivity index (χ3v) is 7.54. The summed E-state index contributed by atoms with van der Waals surface area (Å²) in [5, 5.41) is 9.27. The molecule has 2 heterocycles. The molecule has 1 N–H and O–H groups in total. The van der Waals surface area contributed by atoms with Gasteiger partial charge in [0.2, 0.25) is 5.62 Å². The molecule has 0 bridgehead atoms. The second kappa shape index (κ2) is 10.6. The van der Waals surface area contributed by atoms with Gasteiger partial charge in [0.25, 0.3) is 0 Å². The number of carbonyl (C=O) groups is 1. The van der Waals surface area contributed by atoms with Gasteiger partial charge in [-0.05, 0) is 59.5 Å². The van der Waals surface area contributed by atoms with E-state index < -0.39 is 0 Å². The molecule has 1 aromatic heterocycles. The van der Waals surface area contributed by atoms with Gasteiger partial charge in [0.15, 0.2) is 17.3 Å². The number of ketones is 1. The van der Waals surface area contributed by atoms with E-state index in [1.165, 1.54) is 0 Å². The average molecular weight is 552 g/mol. The maximum atomic E-state index is 13.8. The molecular weight excluding hydrogens is 525 g/mol. The van der Waals surface area contributed by atoms with Crippen molar-refractivity contribution in [1.29, 1.82) is 5.41 Å². The van der Waals surface area contributed by atoms with Crippen molar-refractivity contribution in [3.8, 4) is 28.4 Å². The van der Waals surface area contributed by atoms with Crippen LogP contribution in [0.4, 0.5) is 0 Å². The van der Waals surface area contributed by atoms with Gasteiger partial charge in [0.05, 0.1) is 48.9 Å². The lowest BCUT2D eigenvalue weighted by atomic mass is 9.86. The number of imidazole rings is 1. The van der Waals surface area contributed by atoms with Gasteiger partial charge < -0.3 is 23.3 Å². The van der Waals surface area contributed by atoms with E-state index >= 15 is 0 Å². The van der Waals surface area contributed by atoms with E-state index in [0.717, 1.165) is 22.3 Å². The molecule has 1 aliphatic heterocycles. The van der Waals surface area contributed by atoms with Crippen molar-refractivity contribution in [1.82, 2.24) is 9.13 Å². The predicted octanol–water partition coefficient (Wildman–Crippen LogP) is 5.78. The zero-order valence-electron chi connectivity index (χ0n) is 21.3. The number of aryl methyl sites for hydroxylation is 1. The number of hydrogen-bond acceptors (Lipinski definition) is 5. The quantitative estimate of drug-likeness (QED) is 0.315. The maximum absolute atomic E-state index is 13.8. The van der Waals surface area contributed by atoms with Crippen molar-refractivity contribution in [3.63, 3.8) is 0 Å². The summed E-state index contributed by atoms with van der Waals surface area (Å²) in [6.45, 7) is 0.675. The van der Waals surface area contributed by atoms with E-state index in [9.17, 15) is 4.79 Å². The molecule has 0 fully saturated rings. The standard InChI is InChI=1S/C29H27Cl2N3O4/c1-33-8-9-34(29(33)32)15-18-11-21(19-5-7-25(36-2)26(14-19)37-3)28-22(12-18)27(35)20(16-38-28)10-17-4-6-23(30)24(31)13-17/h4-9,11-14,20,32H,10,15-16H2,1-3H3. The topological polar surface area (TPSA) is 78.5 Å². The number of nitrogens with one attached hydrogen (secondary N) is 1. The van der Waals surface area contributed by atoms with Crippen LogP contribution in [0.2, 0.25) is 10.0 Å². The van der Waals surface area contributed by atoms with Gasteiger partial charge in [-0.25, -0.2) is 0 Å². The molecule has 1 unspecified atom stereocenters. The van der Waals surface area contributed by atoms with E-state index in [4.69, 9.17) is 42.8 Å². The predicted molar refractivity (Wildman–Crippen MR) is 147 cm³/mol. The van der Waals surface area contributed by atoms with Crippen molar-refractivity contribution in [2.75, 3.05) is 20.8 Å². The lowest BCUT2D eigenvalue weighted by Crippen LogP contribution is -2.30. The van der Waals surface area contributed by atoms with Gasteiger partial charge in [-0.1, -0.05) is 35.3 Å². The van der Waals surface area contributed by atoms with Gasteiger partial charge >= 0.3 is 0 Å². The second-order valence-electron chi connectivity index (χ2n) is 9.28. The molecule has 0 aliphatic carbocycles. The van der Waals surface area contributed by atoms with Crippen molar-refractivity contribution < 1.29 is 19.0 Å². The van der Waals surface area contributed by atoms with Gasteiger partial charge in [0.1, 0.15) is 5.75 Å². The van der Waals surface area contributed by atoms with Crippen LogP contribution in [-0.4, -0.2) is 35.7 Å². The fraction of sp³-hybridized carbons (Fsp3) is 0.241. The third kappa shape index (κ3) is 4.91. The highest BCUT2D eigenvalue weighted by atomic mass is 35.5. The fourth-order valence-electron chi connectivity index (χ4n) is 4.77. The zero-order valence-corrected chi connectivity index (χ0v) is 22.8. The van der Waals surface area contributed by atoms with Crippen molar-refractivity contribution in [2.24, 2.45) is 13.0 Å². The molecule has 1 atom stereocenters. The summed E-state index contributed by atoms with van der Waals surface area (Å²) in [7, 11) is 5.00. The Morgan fingerprint density at radius 2 is 1.71 bits per heavy atom. The number of benzene rings is 3. The van der Waals surface area contributed by atoms with Crippen LogP contribution in [-0.2, 0) is 20.0 Å². The first-order valence-corrected chi connectivity index (χ1v) is 12.8. The van der Waals surface area contributed by atoms with Crippen molar-refractivity contribution >= 4 is 29.0 Å². The van der Waals surface area contributed by atoms with E-state index in [0.29, 0.717) is 51.4 Å². The zero-order chi connectivity index (χ0) is 27.0. The number of hydrogen-bond donors (Lipinski definition) is 1. The normalized spacial score (nSPS) is 14.7. The number of rotatable bonds is 7. The number of Topliss-reactive ketones (excluding diaryl/α,β-unsaturated/α-hetero) is 1. The molecule has 0 saturated carbocycles. The van der Waals surface area contributed by atoms with E-state index in [-0.39, 0.29) is 18.3 Å². The molecule has 0 spiro atoms. The molecule has 0 saturated heterocycles. The van der Waals surface area contributed by atoms with Gasteiger partial charge in [-0.3, -0.25) is 10.2 Å². The third-order valence-electron chi connectivity index (χ3n) is 6.80. The minimum absolute atomic E-state index is 0.00468. The van der Waals surface area contributed by atoms with Crippen LogP contribution in [0.25, 0.3) is 11.1 Å². The monoisotopic (exact) mass is 551 g/mol. The highest BCUT2D eigenvalue weighted by Gasteiger charge is 2.32. The Kier molecular flexibility index (Phi) is 7.23. The van der Waals surface area contributed by atoms with E-state index in [2.05, 4.69) is 0 Å². The van der Waals surface area contributed by atoms with Crippen LogP contribution in [0.15, 0.2) is 60.9 Å². The minimum Gasteiger partial charge on any atom is -0.493 e. The van der Waals surface area contributed by atoms with Crippen LogP contribution in [0.1, 0.15) is 21.5 Å². The molecule has 5 rings (SSSR count). The molecule has 1 aliphatic rings. The molecular formula is C29H27Cl2N3O4. The first kappa shape index (κ1) is 25.9. The summed E-state index contributed by atoms with van der Waals surface area (Å²) in [5.41, 5.74) is 4.29. The molecule has 3 aromatic carbocycles. The van der Waals surface area contributed by atoms with Crippen molar-refractivity contribution in [3.05, 3.63) is 93.3 Å². The number of carbonyl (C=O) groups excluding carboxylic acids is 1. The van der Waals surface area contributed by atoms with E-state index in [1.54, 1.807) is 30.9 Å². The Labute approximate surface area is 230 Å². The maximum Gasteiger partial charge on any atom is 0.202 e. The molecule has 0 radical (unpaired) electrons. The Morgan fingerprint density at radius 1 is 0.947 bits per heavy atom. The number of fused-ring (bicyclic) bond motifs is 1. The Morgan fingerprint density at radius 3 is 2.39 bits per heavy atom. The molecule has 4 aromatic rings. The molecule has 0 amide bonds. The Balaban J connectivity index is 1.58. The summed E-state index contributed by atoms with van der Waals surface area (Å²) < 4.78 is 20.8. The van der Waals surface area contributed by atoms with Crippen LogP contribution in [0, 0.1) is 11.3 Å². The van der Waals surface area contributed by atoms with Gasteiger partial charge in [-0.2, -0.15) is 0 Å². The van der Waals surface area contributed by atoms with E-state index in [1.807, 2.05) is 60.4 Å². The highest BCUT2D eigenvalue weighted by Crippen LogP contribution is 2.42. The summed E-state index contributed by atoms with van der Waals surface area (Å²) in [6, 6.07) is 14.9. The smallest absolute Gasteiger partial charge is 0.202 e. The summed E-state index contributed by atoms with van der Waals surface area (Å²) in [6.07, 6.45) is 4.16. The lowest BCUT2D eigenvalue weighted by molar-refractivity contribution is 0.0831. The number of halogens is 2. The average Bonchev–Trinajstić information content (AvgIpc) is 3.23. The van der Waals surface area contributed by atoms with Gasteiger partial charge in [0, 0.05) is 25.0 Å². The highest BCUT2D eigenvalue weighted by molar-refractivity contribution is 6.42. The lowest BCUT2D eigenvalue weighted by Gasteiger charge is -2.27. The number of aromatic nitrogens is 2. The molecule has 7 nitrogen and oxygen atoms in total. The fourth-order valence-corrected chi connectivity index (χ4v) is 5.09. The molecule has 196 valence electrons. The first-order valence-electron chi connectivity index (χ1n) is 12.1. The van der Waals surface area contributed by atoms with Crippen LogP contribution >= 0.6 is 23.2 Å². The van der Waals surface area contributed by atoms with Crippen LogP contribution in [0.3, 0.4) is 0 Å². The molecule has 9 heteroatoms. The summed E-state index contributed by atoms with van der Waals surface area (Å²) in [4.78, 5) is 13.8. The number of methoxy groups -OCH3 is 2. The number of ether oxygens (including phenoxy) is 3. The molecule has 38 heavy (non-hydrogen) atoms. The first-order chi connectivity index (χ1) is 18.3. The summed E-state index contributed by atoms with van der Waals surface area (Å²) >= 11 is 12.3. The number of nitrogens with zero attached hydrogens (tertiary/aromatic N) is 2. The summed E-state index contributed by atoms with van der Waals surface area (Å²) in [5.74, 6) is 1.36. The Bertz CT molecular complexity index is 1590. The van der Waals surface area contributed by atoms with Crippen LogP contribution in [0.5, 0.6) is 17.2 Å². The van der Waals surface area contributed by atoms with Gasteiger partial charge in [-0.15, -0.1) is 0 Å². The SMILES string of the molecule is COc1ccc(-c2cc(Cn3ccn(C)c3=N)cc3c2OCC(Cc2ccc(Cl)c(Cl)c2)C3=O)cc1OC. The van der Waals surface area contributed by atoms with Crippen LogP contribution < -0.4 is 19.8 Å². The second-order valence-corrected chi connectivity index (χ2v) is 10.1. The Hall–Kier alpha value is -3.68. The minimum atomic E-state index is -0.371. The largest absolute Gasteiger partial charge is 0.493 e.